The summed E-state index contributed by atoms with van der Waals surface area (Å²) in [6.45, 7) is 2.68. The molecule has 1 aromatic heterocycles. The van der Waals surface area contributed by atoms with Crippen molar-refractivity contribution in [1.82, 2.24) is 4.90 Å². The molecule has 0 bridgehead atoms. The molecule has 6 nitrogen and oxygen atoms in total. The molecule has 0 spiro atoms. The summed E-state index contributed by atoms with van der Waals surface area (Å²) in [5.41, 5.74) is 0.208. The van der Waals surface area contributed by atoms with Crippen LogP contribution in [0, 0.1) is 0 Å². The van der Waals surface area contributed by atoms with Gasteiger partial charge in [0.2, 0.25) is 0 Å². The van der Waals surface area contributed by atoms with Crippen LogP contribution in [0.3, 0.4) is 0 Å². The molecule has 128 valence electrons. The van der Waals surface area contributed by atoms with Crippen molar-refractivity contribution in [1.29, 1.82) is 0 Å². The molecular formula is C17H19NO5S. The third kappa shape index (κ3) is 3.22. The monoisotopic (exact) mass is 349 g/mol. The molecule has 1 aromatic carbocycles. The van der Waals surface area contributed by atoms with Crippen LogP contribution < -0.4 is 0 Å². The van der Waals surface area contributed by atoms with Gasteiger partial charge in [0.05, 0.1) is 35.6 Å². The van der Waals surface area contributed by atoms with E-state index in [0.717, 1.165) is 0 Å². The summed E-state index contributed by atoms with van der Waals surface area (Å²) in [5.74, 6) is 0.305. The lowest BCUT2D eigenvalue weighted by Crippen LogP contribution is -2.42. The van der Waals surface area contributed by atoms with Gasteiger partial charge in [-0.1, -0.05) is 19.1 Å². The predicted octanol–water partition coefficient (Wildman–Crippen LogP) is 2.29. The number of hydrogen-bond donors (Lipinski definition) is 0. The number of nitrogens with zero attached hydrogens (tertiary/aromatic N) is 1. The fraction of sp³-hybridized carbons (Fsp3) is 0.353. The minimum Gasteiger partial charge on any atom is -0.467 e. The molecule has 1 fully saturated rings. The van der Waals surface area contributed by atoms with Gasteiger partial charge in [0, 0.05) is 6.54 Å². The normalized spacial score (nSPS) is 18.5. The summed E-state index contributed by atoms with van der Waals surface area (Å²) in [6.07, 6.45) is 1.22. The quantitative estimate of drug-likeness (QED) is 0.846. The van der Waals surface area contributed by atoms with Crippen molar-refractivity contribution in [2.24, 2.45) is 0 Å². The summed E-state index contributed by atoms with van der Waals surface area (Å²) >= 11 is 0. The summed E-state index contributed by atoms with van der Waals surface area (Å²) in [7, 11) is -3.47. The molecule has 1 aliphatic rings. The molecule has 24 heavy (non-hydrogen) atoms. The third-order valence-corrected chi connectivity index (χ3v) is 5.83. The molecule has 0 radical (unpaired) electrons. The Morgan fingerprint density at radius 1 is 1.25 bits per heavy atom. The second-order valence-electron chi connectivity index (χ2n) is 5.53. The number of furan rings is 1. The molecule has 2 aromatic rings. The number of morpholine rings is 1. The number of sulfone groups is 1. The molecule has 3 rings (SSSR count). The number of hydrogen-bond acceptors (Lipinski definition) is 5. The Hall–Kier alpha value is -2.12. The lowest BCUT2D eigenvalue weighted by Gasteiger charge is -2.32. The average Bonchev–Trinajstić information content (AvgIpc) is 3.16. The second kappa shape index (κ2) is 6.78. The van der Waals surface area contributed by atoms with Gasteiger partial charge in [0.25, 0.3) is 5.91 Å². The largest absolute Gasteiger partial charge is 0.467 e. The van der Waals surface area contributed by atoms with Gasteiger partial charge < -0.3 is 14.1 Å². The molecule has 0 aliphatic carbocycles. The maximum absolute atomic E-state index is 12.9. The smallest absolute Gasteiger partial charge is 0.255 e. The molecule has 1 atom stereocenters. The Kier molecular flexibility index (Phi) is 4.73. The zero-order valence-electron chi connectivity index (χ0n) is 13.3. The van der Waals surface area contributed by atoms with Crippen LogP contribution in [0.4, 0.5) is 0 Å². The van der Waals surface area contributed by atoms with Gasteiger partial charge >= 0.3 is 0 Å². The fourth-order valence-electron chi connectivity index (χ4n) is 2.72. The van der Waals surface area contributed by atoms with Gasteiger partial charge in [-0.3, -0.25) is 4.79 Å². The molecule has 0 saturated carbocycles. The maximum atomic E-state index is 12.9. The standard InChI is InChI=1S/C17H19NO5S/c1-2-24(20,21)16-8-4-3-6-13(16)17(19)18-9-11-23-15(12-18)14-7-5-10-22-14/h3-8,10,15H,2,9,11-12H2,1H3/t15-/m1/s1. The number of carbonyl (C=O) groups is 1. The Bertz CT molecular complexity index is 813. The van der Waals surface area contributed by atoms with E-state index < -0.39 is 9.84 Å². The molecule has 2 heterocycles. The first kappa shape index (κ1) is 16.7. The molecule has 1 saturated heterocycles. The maximum Gasteiger partial charge on any atom is 0.255 e. The van der Waals surface area contributed by atoms with Crippen LogP contribution in [0.25, 0.3) is 0 Å². The zero-order valence-corrected chi connectivity index (χ0v) is 14.2. The van der Waals surface area contributed by atoms with Crippen LogP contribution >= 0.6 is 0 Å². The van der Waals surface area contributed by atoms with E-state index in [1.807, 2.05) is 0 Å². The van der Waals surface area contributed by atoms with E-state index >= 15 is 0 Å². The van der Waals surface area contributed by atoms with Crippen LogP contribution in [-0.4, -0.2) is 44.7 Å². The van der Waals surface area contributed by atoms with Gasteiger partial charge in [-0.15, -0.1) is 0 Å². The number of benzene rings is 1. The first-order valence-electron chi connectivity index (χ1n) is 7.79. The van der Waals surface area contributed by atoms with Crippen molar-refractivity contribution >= 4 is 15.7 Å². The van der Waals surface area contributed by atoms with E-state index in [9.17, 15) is 13.2 Å². The van der Waals surface area contributed by atoms with Gasteiger partial charge in [0.1, 0.15) is 11.9 Å². The molecular weight excluding hydrogens is 330 g/mol. The van der Waals surface area contributed by atoms with Gasteiger partial charge in [-0.25, -0.2) is 8.42 Å². The van der Waals surface area contributed by atoms with Crippen molar-refractivity contribution in [2.75, 3.05) is 25.4 Å². The highest BCUT2D eigenvalue weighted by Gasteiger charge is 2.30. The topological polar surface area (TPSA) is 76.8 Å². The Morgan fingerprint density at radius 2 is 2.04 bits per heavy atom. The van der Waals surface area contributed by atoms with Gasteiger partial charge in [0.15, 0.2) is 9.84 Å². The van der Waals surface area contributed by atoms with Crippen LogP contribution in [-0.2, 0) is 14.6 Å². The van der Waals surface area contributed by atoms with Gasteiger partial charge in [-0.05, 0) is 24.3 Å². The number of rotatable bonds is 4. The molecule has 1 amide bonds. The lowest BCUT2D eigenvalue weighted by molar-refractivity contribution is -0.0322. The zero-order chi connectivity index (χ0) is 17.2. The predicted molar refractivity (Wildman–Crippen MR) is 87.5 cm³/mol. The fourth-order valence-corrected chi connectivity index (χ4v) is 3.81. The first-order valence-corrected chi connectivity index (χ1v) is 9.44. The molecule has 7 heteroatoms. The van der Waals surface area contributed by atoms with E-state index in [4.69, 9.17) is 9.15 Å². The van der Waals surface area contributed by atoms with E-state index in [1.54, 1.807) is 48.4 Å². The highest BCUT2D eigenvalue weighted by atomic mass is 32.2. The van der Waals surface area contributed by atoms with E-state index in [0.29, 0.717) is 25.5 Å². The van der Waals surface area contributed by atoms with Crippen LogP contribution in [0.2, 0.25) is 0 Å². The average molecular weight is 349 g/mol. The molecule has 1 aliphatic heterocycles. The molecule has 0 N–H and O–H groups in total. The van der Waals surface area contributed by atoms with Crippen molar-refractivity contribution in [2.45, 2.75) is 17.9 Å². The Balaban J connectivity index is 1.87. The van der Waals surface area contributed by atoms with Crippen molar-refractivity contribution in [3.63, 3.8) is 0 Å². The minimum absolute atomic E-state index is 0.0462. The number of carbonyl (C=O) groups excluding carboxylic acids is 1. The van der Waals surface area contributed by atoms with Crippen LogP contribution in [0.1, 0.15) is 29.1 Å². The highest BCUT2D eigenvalue weighted by Crippen LogP contribution is 2.25. The summed E-state index contributed by atoms with van der Waals surface area (Å²) in [5, 5.41) is 0. The Morgan fingerprint density at radius 3 is 2.75 bits per heavy atom. The third-order valence-electron chi connectivity index (χ3n) is 4.05. The van der Waals surface area contributed by atoms with E-state index in [-0.39, 0.29) is 28.2 Å². The first-order chi connectivity index (χ1) is 11.5. The van der Waals surface area contributed by atoms with Crippen molar-refractivity contribution in [3.05, 3.63) is 54.0 Å². The van der Waals surface area contributed by atoms with Gasteiger partial charge in [-0.2, -0.15) is 0 Å². The van der Waals surface area contributed by atoms with Crippen LogP contribution in [0.15, 0.2) is 52.0 Å². The van der Waals surface area contributed by atoms with Crippen LogP contribution in [0.5, 0.6) is 0 Å². The second-order valence-corrected chi connectivity index (χ2v) is 7.77. The lowest BCUT2D eigenvalue weighted by atomic mass is 10.1. The SMILES string of the molecule is CCS(=O)(=O)c1ccccc1C(=O)N1CCO[C@@H](c2ccco2)C1. The number of amides is 1. The molecule has 0 unspecified atom stereocenters. The highest BCUT2D eigenvalue weighted by molar-refractivity contribution is 7.91. The summed E-state index contributed by atoms with van der Waals surface area (Å²) in [6, 6.07) is 9.91. The van der Waals surface area contributed by atoms with Crippen molar-refractivity contribution in [3.8, 4) is 0 Å². The van der Waals surface area contributed by atoms with E-state index in [2.05, 4.69) is 0 Å². The summed E-state index contributed by atoms with van der Waals surface area (Å²) < 4.78 is 35.5. The summed E-state index contributed by atoms with van der Waals surface area (Å²) in [4.78, 5) is 14.6. The van der Waals surface area contributed by atoms with Crippen molar-refractivity contribution < 1.29 is 22.4 Å². The van der Waals surface area contributed by atoms with E-state index in [1.165, 1.54) is 6.07 Å². The minimum atomic E-state index is -3.47. The Labute approximate surface area is 140 Å². The number of ether oxygens (including phenoxy) is 1.